The molecule has 0 spiro atoms. The maximum atomic E-state index is 11.4. The summed E-state index contributed by atoms with van der Waals surface area (Å²) in [6, 6.07) is 14.6. The van der Waals surface area contributed by atoms with Crippen molar-refractivity contribution in [3.8, 4) is 0 Å². The second-order valence-corrected chi connectivity index (χ2v) is 9.04. The first-order valence-corrected chi connectivity index (χ1v) is 10.8. The molecule has 0 aliphatic rings. The Hall–Kier alpha value is -1.74. The highest BCUT2D eigenvalue weighted by Crippen LogP contribution is 2.22. The van der Waals surface area contributed by atoms with Gasteiger partial charge in [0.25, 0.3) is 20.2 Å². The van der Waals surface area contributed by atoms with E-state index in [1.54, 1.807) is 50.2 Å². The molecule has 8 heteroatoms. The van der Waals surface area contributed by atoms with E-state index in [0.29, 0.717) is 5.56 Å². The Morgan fingerprint density at radius 1 is 0.808 bits per heavy atom. The fourth-order valence-corrected chi connectivity index (χ4v) is 4.05. The molecule has 26 heavy (non-hydrogen) atoms. The molecule has 0 aliphatic heterocycles. The van der Waals surface area contributed by atoms with E-state index in [4.69, 9.17) is 8.74 Å². The van der Waals surface area contributed by atoms with Crippen LogP contribution in [0.1, 0.15) is 39.2 Å². The summed E-state index contributed by atoms with van der Waals surface area (Å²) in [5.74, 6) is 0.0816. The lowest BCUT2D eigenvalue weighted by Crippen LogP contribution is -2.12. The minimum Gasteiger partial charge on any atom is -0.282 e. The highest BCUT2D eigenvalue weighted by atomic mass is 32.2. The maximum absolute atomic E-state index is 11.4. The van der Waals surface area contributed by atoms with Crippen LogP contribution in [0.25, 0.3) is 0 Å². The Labute approximate surface area is 155 Å². The van der Waals surface area contributed by atoms with E-state index >= 15 is 0 Å². The molecule has 6 nitrogen and oxygen atoms in total. The van der Waals surface area contributed by atoms with Gasteiger partial charge in [-0.15, -0.1) is 0 Å². The van der Waals surface area contributed by atoms with Gasteiger partial charge in [-0.3, -0.25) is 8.74 Å². The first kappa shape index (κ1) is 22.3. The molecule has 0 unspecified atom stereocenters. The van der Waals surface area contributed by atoms with Gasteiger partial charge >= 0.3 is 0 Å². The van der Waals surface area contributed by atoms with Gasteiger partial charge in [-0.2, -0.15) is 16.8 Å². The first-order valence-electron chi connectivity index (χ1n) is 8.00. The van der Waals surface area contributed by atoms with E-state index in [2.05, 4.69) is 0 Å². The Balaban J connectivity index is 0.000000260. The summed E-state index contributed by atoms with van der Waals surface area (Å²) in [7, 11) is -7.64. The average Bonchev–Trinajstić information content (AvgIpc) is 2.54. The van der Waals surface area contributed by atoms with Gasteiger partial charge in [0.15, 0.2) is 0 Å². The van der Waals surface area contributed by atoms with Crippen molar-refractivity contribution in [2.45, 2.75) is 49.5 Å². The maximum Gasteiger partial charge on any atom is 0.297 e. The molecule has 0 amide bonds. The highest BCUT2D eigenvalue weighted by molar-refractivity contribution is 7.86. The number of hydrogen-bond donors (Lipinski definition) is 1. The van der Waals surface area contributed by atoms with Crippen LogP contribution in [0, 0.1) is 0 Å². The summed E-state index contributed by atoms with van der Waals surface area (Å²) in [5.41, 5.74) is 0.644. The number of rotatable bonds is 5. The van der Waals surface area contributed by atoms with E-state index < -0.39 is 20.2 Å². The van der Waals surface area contributed by atoms with Crippen molar-refractivity contribution in [3.63, 3.8) is 0 Å². The third-order valence-corrected chi connectivity index (χ3v) is 5.59. The average molecular weight is 401 g/mol. The zero-order valence-corrected chi connectivity index (χ0v) is 16.8. The quantitative estimate of drug-likeness (QED) is 0.605. The van der Waals surface area contributed by atoms with Crippen LogP contribution in [0.3, 0.4) is 0 Å². The van der Waals surface area contributed by atoms with Crippen molar-refractivity contribution < 1.29 is 25.6 Å². The van der Waals surface area contributed by atoms with Crippen LogP contribution in [-0.4, -0.2) is 27.5 Å². The minimum absolute atomic E-state index is 0.00463. The molecule has 0 atom stereocenters. The molecule has 0 radical (unpaired) electrons. The number of hydrogen-bond acceptors (Lipinski definition) is 5. The van der Waals surface area contributed by atoms with E-state index in [1.807, 2.05) is 13.8 Å². The molecule has 0 aliphatic carbocycles. The smallest absolute Gasteiger partial charge is 0.282 e. The Morgan fingerprint density at radius 3 is 1.73 bits per heavy atom. The zero-order chi connectivity index (χ0) is 20.0. The summed E-state index contributed by atoms with van der Waals surface area (Å²) < 4.78 is 58.4. The van der Waals surface area contributed by atoms with E-state index in [1.165, 1.54) is 18.2 Å². The van der Waals surface area contributed by atoms with Gasteiger partial charge in [-0.05, 0) is 43.5 Å². The summed E-state index contributed by atoms with van der Waals surface area (Å²) in [6.07, 6.45) is -0.329. The fourth-order valence-electron chi connectivity index (χ4n) is 2.09. The molecule has 0 aromatic heterocycles. The van der Waals surface area contributed by atoms with Crippen molar-refractivity contribution in [3.05, 3.63) is 60.2 Å². The fraction of sp³-hybridized carbons (Fsp3) is 0.333. The topological polar surface area (TPSA) is 97.7 Å². The summed E-state index contributed by atoms with van der Waals surface area (Å²) in [6.45, 7) is 7.12. The van der Waals surface area contributed by atoms with Crippen LogP contribution < -0.4 is 0 Å². The molecule has 1 N–H and O–H groups in total. The van der Waals surface area contributed by atoms with Gasteiger partial charge in [0.1, 0.15) is 0 Å². The van der Waals surface area contributed by atoms with Crippen molar-refractivity contribution in [1.29, 1.82) is 0 Å². The van der Waals surface area contributed by atoms with Gasteiger partial charge in [-0.25, -0.2) is 0 Å². The lowest BCUT2D eigenvalue weighted by Gasteiger charge is -2.09. The van der Waals surface area contributed by atoms with Gasteiger partial charge < -0.3 is 0 Å². The lowest BCUT2D eigenvalue weighted by molar-refractivity contribution is 0.249. The second kappa shape index (κ2) is 9.27. The molecule has 0 fully saturated rings. The standard InChI is InChI=1S/2C9H12O3S/c1-8(2)12-13(10,11)9-6-4-3-5-7-9;1-7(2)8-5-3-4-6-9(8)13(10,11)12/h3-8H,1-2H3;3-7H,1-2H3,(H,10,11,12). The van der Waals surface area contributed by atoms with E-state index in [9.17, 15) is 16.8 Å². The van der Waals surface area contributed by atoms with Gasteiger partial charge in [0, 0.05) is 0 Å². The Kier molecular flexibility index (Phi) is 7.95. The molecular formula is C18H24O6S2. The van der Waals surface area contributed by atoms with Crippen molar-refractivity contribution in [2.24, 2.45) is 0 Å². The van der Waals surface area contributed by atoms with Crippen LogP contribution in [0.5, 0.6) is 0 Å². The predicted molar refractivity (Wildman–Crippen MR) is 100 cm³/mol. The SMILES string of the molecule is CC(C)OS(=O)(=O)c1ccccc1.CC(C)c1ccccc1S(=O)(=O)O. The molecule has 2 rings (SSSR count). The molecule has 0 saturated heterocycles. The highest BCUT2D eigenvalue weighted by Gasteiger charge is 2.16. The van der Waals surface area contributed by atoms with Crippen LogP contribution >= 0.6 is 0 Å². The third kappa shape index (κ3) is 6.87. The normalized spacial score (nSPS) is 12.0. The molecule has 144 valence electrons. The molecule has 0 bridgehead atoms. The molecule has 0 heterocycles. The van der Waals surface area contributed by atoms with E-state index in [0.717, 1.165) is 0 Å². The largest absolute Gasteiger partial charge is 0.297 e. The van der Waals surface area contributed by atoms with Crippen molar-refractivity contribution in [2.75, 3.05) is 0 Å². The predicted octanol–water partition coefficient (Wildman–Crippen LogP) is 3.86. The molecular weight excluding hydrogens is 376 g/mol. The monoisotopic (exact) mass is 400 g/mol. The van der Waals surface area contributed by atoms with Gasteiger partial charge in [0.05, 0.1) is 15.9 Å². The van der Waals surface area contributed by atoms with Crippen LogP contribution in [-0.2, 0) is 24.4 Å². The van der Waals surface area contributed by atoms with Gasteiger partial charge in [-0.1, -0.05) is 50.2 Å². The second-order valence-electron chi connectivity index (χ2n) is 6.08. The van der Waals surface area contributed by atoms with Crippen molar-refractivity contribution >= 4 is 20.2 Å². The number of benzene rings is 2. The summed E-state index contributed by atoms with van der Waals surface area (Å²) >= 11 is 0. The molecule has 0 saturated carbocycles. The molecule has 2 aromatic rings. The summed E-state index contributed by atoms with van der Waals surface area (Å²) in [4.78, 5) is 0.203. The minimum atomic E-state index is -4.08. The lowest BCUT2D eigenvalue weighted by atomic mass is 10.0. The van der Waals surface area contributed by atoms with Crippen LogP contribution in [0.15, 0.2) is 64.4 Å². The molecule has 2 aromatic carbocycles. The summed E-state index contributed by atoms with van der Waals surface area (Å²) in [5, 5.41) is 0. The third-order valence-electron chi connectivity index (χ3n) is 3.17. The zero-order valence-electron chi connectivity index (χ0n) is 15.2. The van der Waals surface area contributed by atoms with Gasteiger partial charge in [0.2, 0.25) is 0 Å². The first-order chi connectivity index (χ1) is 11.9. The van der Waals surface area contributed by atoms with E-state index in [-0.39, 0.29) is 21.8 Å². The van der Waals surface area contributed by atoms with Crippen LogP contribution in [0.4, 0.5) is 0 Å². The Bertz CT molecular complexity index is 902. The van der Waals surface area contributed by atoms with Crippen LogP contribution in [0.2, 0.25) is 0 Å². The Morgan fingerprint density at radius 2 is 1.31 bits per heavy atom. The van der Waals surface area contributed by atoms with Crippen molar-refractivity contribution in [1.82, 2.24) is 0 Å².